The van der Waals surface area contributed by atoms with Crippen molar-refractivity contribution in [1.82, 2.24) is 15.1 Å². The van der Waals surface area contributed by atoms with Crippen LogP contribution in [0.5, 0.6) is 0 Å². The van der Waals surface area contributed by atoms with Gasteiger partial charge in [0, 0.05) is 18.8 Å². The second kappa shape index (κ2) is 6.69. The van der Waals surface area contributed by atoms with Crippen molar-refractivity contribution in [3.63, 3.8) is 0 Å². The molecule has 0 aliphatic rings. The molecule has 1 aromatic carbocycles. The quantitative estimate of drug-likeness (QED) is 0.837. The van der Waals surface area contributed by atoms with E-state index < -0.39 is 18.1 Å². The highest BCUT2D eigenvalue weighted by atomic mass is 16.4. The zero-order valence-corrected chi connectivity index (χ0v) is 11.6. The van der Waals surface area contributed by atoms with Crippen LogP contribution in [-0.4, -0.2) is 32.8 Å². The topological polar surface area (TPSA) is 84.2 Å². The zero-order valence-electron chi connectivity index (χ0n) is 11.6. The number of carbonyl (C=O) groups excluding carboxylic acids is 1. The van der Waals surface area contributed by atoms with E-state index in [0.29, 0.717) is 0 Å². The predicted octanol–water partition coefficient (Wildman–Crippen LogP) is 1.26. The Morgan fingerprint density at radius 2 is 2.00 bits per heavy atom. The van der Waals surface area contributed by atoms with Crippen LogP contribution in [0.3, 0.4) is 0 Å². The summed E-state index contributed by atoms with van der Waals surface area (Å²) in [6.07, 6.45) is 3.48. The summed E-state index contributed by atoms with van der Waals surface area (Å²) in [7, 11) is 0. The third-order valence-electron chi connectivity index (χ3n) is 3.20. The SMILES string of the molecule is CC(C(=O)N[C@H](Cc1ccccc1)C(=O)O)n1cccn1. The van der Waals surface area contributed by atoms with Gasteiger partial charge in [-0.15, -0.1) is 0 Å². The average Bonchev–Trinajstić information content (AvgIpc) is 3.00. The Morgan fingerprint density at radius 3 is 2.57 bits per heavy atom. The van der Waals surface area contributed by atoms with Crippen LogP contribution in [0.1, 0.15) is 18.5 Å². The van der Waals surface area contributed by atoms with Crippen molar-refractivity contribution in [1.29, 1.82) is 0 Å². The first-order valence-corrected chi connectivity index (χ1v) is 6.64. The first kappa shape index (κ1) is 14.8. The molecule has 0 bridgehead atoms. The summed E-state index contributed by atoms with van der Waals surface area (Å²) < 4.78 is 1.48. The molecule has 1 amide bonds. The Morgan fingerprint density at radius 1 is 1.29 bits per heavy atom. The molecular formula is C15H17N3O3. The summed E-state index contributed by atoms with van der Waals surface area (Å²) in [5, 5.41) is 15.8. The molecule has 0 radical (unpaired) electrons. The van der Waals surface area contributed by atoms with Crippen LogP contribution in [0.2, 0.25) is 0 Å². The fraction of sp³-hybridized carbons (Fsp3) is 0.267. The Bertz CT molecular complexity index is 596. The van der Waals surface area contributed by atoms with Gasteiger partial charge in [-0.25, -0.2) is 4.79 Å². The van der Waals surface area contributed by atoms with Crippen molar-refractivity contribution < 1.29 is 14.7 Å². The molecule has 2 aromatic rings. The fourth-order valence-electron chi connectivity index (χ4n) is 1.97. The minimum atomic E-state index is -1.06. The maximum Gasteiger partial charge on any atom is 0.326 e. The van der Waals surface area contributed by atoms with Gasteiger partial charge < -0.3 is 10.4 Å². The van der Waals surface area contributed by atoms with Gasteiger partial charge in [-0.2, -0.15) is 5.10 Å². The van der Waals surface area contributed by atoms with E-state index in [2.05, 4.69) is 10.4 Å². The molecule has 1 unspecified atom stereocenters. The van der Waals surface area contributed by atoms with Crippen molar-refractivity contribution in [3.8, 4) is 0 Å². The van der Waals surface area contributed by atoms with Gasteiger partial charge in [-0.05, 0) is 18.6 Å². The highest BCUT2D eigenvalue weighted by Gasteiger charge is 2.24. The molecule has 21 heavy (non-hydrogen) atoms. The first-order chi connectivity index (χ1) is 10.1. The second-order valence-electron chi connectivity index (χ2n) is 4.75. The van der Waals surface area contributed by atoms with Gasteiger partial charge in [-0.1, -0.05) is 30.3 Å². The fourth-order valence-corrected chi connectivity index (χ4v) is 1.97. The second-order valence-corrected chi connectivity index (χ2v) is 4.75. The molecule has 0 aliphatic heterocycles. The molecule has 110 valence electrons. The lowest BCUT2D eigenvalue weighted by Gasteiger charge is -2.18. The molecule has 0 aliphatic carbocycles. The lowest BCUT2D eigenvalue weighted by Crippen LogP contribution is -2.45. The minimum absolute atomic E-state index is 0.244. The normalized spacial score (nSPS) is 13.4. The summed E-state index contributed by atoms with van der Waals surface area (Å²) in [5.41, 5.74) is 0.858. The first-order valence-electron chi connectivity index (χ1n) is 6.64. The molecule has 2 N–H and O–H groups in total. The zero-order chi connectivity index (χ0) is 15.2. The van der Waals surface area contributed by atoms with E-state index in [4.69, 9.17) is 0 Å². The Balaban J connectivity index is 2.03. The van der Waals surface area contributed by atoms with Gasteiger partial charge in [0.25, 0.3) is 0 Å². The highest BCUT2D eigenvalue weighted by molar-refractivity contribution is 5.85. The molecule has 0 fully saturated rings. The number of hydrogen-bond donors (Lipinski definition) is 2. The number of nitrogens with one attached hydrogen (secondary N) is 1. The number of carboxylic acids is 1. The van der Waals surface area contributed by atoms with Gasteiger partial charge >= 0.3 is 5.97 Å². The Kier molecular flexibility index (Phi) is 4.71. The molecule has 1 aromatic heterocycles. The lowest BCUT2D eigenvalue weighted by atomic mass is 10.1. The van der Waals surface area contributed by atoms with Crippen LogP contribution in [0, 0.1) is 0 Å². The number of aliphatic carboxylic acids is 1. The molecule has 0 saturated carbocycles. The summed E-state index contributed by atoms with van der Waals surface area (Å²) in [4.78, 5) is 23.4. The number of aromatic nitrogens is 2. The van der Waals surface area contributed by atoms with Crippen LogP contribution >= 0.6 is 0 Å². The summed E-state index contributed by atoms with van der Waals surface area (Å²) >= 11 is 0. The molecule has 1 heterocycles. The van der Waals surface area contributed by atoms with E-state index in [1.54, 1.807) is 25.4 Å². The number of carbonyl (C=O) groups is 2. The maximum atomic E-state index is 12.1. The lowest BCUT2D eigenvalue weighted by molar-refractivity contribution is -0.142. The van der Waals surface area contributed by atoms with E-state index in [0.717, 1.165) is 5.56 Å². The standard InChI is InChI=1S/C15H17N3O3/c1-11(18-9-5-8-16-18)14(19)17-13(15(20)21)10-12-6-3-2-4-7-12/h2-9,11,13H,10H2,1H3,(H,17,19)(H,20,21)/t11?,13-/m1/s1. The van der Waals surface area contributed by atoms with E-state index in [9.17, 15) is 14.7 Å². The molecule has 6 nitrogen and oxygen atoms in total. The highest BCUT2D eigenvalue weighted by Crippen LogP contribution is 2.07. The van der Waals surface area contributed by atoms with Crippen LogP contribution in [0.25, 0.3) is 0 Å². The predicted molar refractivity (Wildman–Crippen MR) is 76.7 cm³/mol. The molecular weight excluding hydrogens is 270 g/mol. The van der Waals surface area contributed by atoms with Gasteiger partial charge in [0.15, 0.2) is 0 Å². The molecule has 2 atom stereocenters. The monoisotopic (exact) mass is 287 g/mol. The van der Waals surface area contributed by atoms with E-state index in [1.165, 1.54) is 4.68 Å². The molecule has 6 heteroatoms. The van der Waals surface area contributed by atoms with Gasteiger partial charge in [0.2, 0.25) is 5.91 Å². The smallest absolute Gasteiger partial charge is 0.326 e. The number of rotatable bonds is 6. The third kappa shape index (κ3) is 3.92. The van der Waals surface area contributed by atoms with E-state index in [1.807, 2.05) is 30.3 Å². The maximum absolute atomic E-state index is 12.1. The largest absolute Gasteiger partial charge is 0.480 e. The number of benzene rings is 1. The Labute approximate surface area is 122 Å². The Hall–Kier alpha value is -2.63. The van der Waals surface area contributed by atoms with Crippen molar-refractivity contribution in [2.45, 2.75) is 25.4 Å². The van der Waals surface area contributed by atoms with Crippen molar-refractivity contribution in [3.05, 3.63) is 54.4 Å². The van der Waals surface area contributed by atoms with Crippen LogP contribution in [0.15, 0.2) is 48.8 Å². The molecule has 2 rings (SSSR count). The molecule has 0 spiro atoms. The van der Waals surface area contributed by atoms with Crippen molar-refractivity contribution in [2.75, 3.05) is 0 Å². The summed E-state index contributed by atoms with van der Waals surface area (Å²) in [6, 6.07) is 9.39. The van der Waals surface area contributed by atoms with Crippen molar-refractivity contribution in [2.24, 2.45) is 0 Å². The average molecular weight is 287 g/mol. The minimum Gasteiger partial charge on any atom is -0.480 e. The van der Waals surface area contributed by atoms with Gasteiger partial charge in [-0.3, -0.25) is 9.48 Å². The number of hydrogen-bond acceptors (Lipinski definition) is 3. The number of amides is 1. The van der Waals surface area contributed by atoms with Crippen molar-refractivity contribution >= 4 is 11.9 Å². The van der Waals surface area contributed by atoms with Gasteiger partial charge in [0.05, 0.1) is 0 Å². The third-order valence-corrected chi connectivity index (χ3v) is 3.20. The van der Waals surface area contributed by atoms with Gasteiger partial charge in [0.1, 0.15) is 12.1 Å². The summed E-state index contributed by atoms with van der Waals surface area (Å²) in [5.74, 6) is -1.43. The number of nitrogens with zero attached hydrogens (tertiary/aromatic N) is 2. The van der Waals surface area contributed by atoms with Crippen LogP contribution < -0.4 is 5.32 Å². The van der Waals surface area contributed by atoms with Crippen LogP contribution in [-0.2, 0) is 16.0 Å². The van der Waals surface area contributed by atoms with E-state index >= 15 is 0 Å². The van der Waals surface area contributed by atoms with Crippen LogP contribution in [0.4, 0.5) is 0 Å². The van der Waals surface area contributed by atoms with E-state index in [-0.39, 0.29) is 12.3 Å². The number of carboxylic acid groups (broad SMARTS) is 1. The molecule has 0 saturated heterocycles. The summed E-state index contributed by atoms with van der Waals surface area (Å²) in [6.45, 7) is 1.67.